The summed E-state index contributed by atoms with van der Waals surface area (Å²) >= 11 is 0. The van der Waals surface area contributed by atoms with Crippen molar-refractivity contribution >= 4 is 16.9 Å². The number of hydrogen-bond acceptors (Lipinski definition) is 7. The molecule has 1 amide bonds. The third kappa shape index (κ3) is 4.17. The number of rotatable bonds is 7. The Morgan fingerprint density at radius 2 is 1.76 bits per heavy atom. The monoisotopic (exact) mass is 399 g/mol. The summed E-state index contributed by atoms with van der Waals surface area (Å²) in [6, 6.07) is 11.5. The van der Waals surface area contributed by atoms with Crippen LogP contribution >= 0.6 is 0 Å². The first kappa shape index (κ1) is 20.2. The van der Waals surface area contributed by atoms with Gasteiger partial charge in [0, 0.05) is 11.9 Å². The van der Waals surface area contributed by atoms with Crippen LogP contribution in [0.5, 0.6) is 17.2 Å². The number of aliphatic hydroxyl groups is 1. The van der Waals surface area contributed by atoms with Crippen molar-refractivity contribution in [2.45, 2.75) is 6.10 Å². The Labute approximate surface area is 166 Å². The largest absolute Gasteiger partial charge is 0.493 e. The number of nitrogens with one attached hydrogen (secondary N) is 1. The van der Waals surface area contributed by atoms with E-state index < -0.39 is 17.6 Å². The van der Waals surface area contributed by atoms with Gasteiger partial charge in [-0.15, -0.1) is 0 Å². The molecule has 0 saturated heterocycles. The van der Waals surface area contributed by atoms with Crippen LogP contribution in [0.25, 0.3) is 11.0 Å². The summed E-state index contributed by atoms with van der Waals surface area (Å²) < 4.78 is 20.8. The van der Waals surface area contributed by atoms with Crippen LogP contribution in [0.2, 0.25) is 0 Å². The highest BCUT2D eigenvalue weighted by atomic mass is 16.5. The van der Waals surface area contributed by atoms with Crippen LogP contribution in [0, 0.1) is 0 Å². The molecule has 0 saturated carbocycles. The van der Waals surface area contributed by atoms with Crippen molar-refractivity contribution in [2.24, 2.45) is 0 Å². The molecule has 1 atom stereocenters. The minimum atomic E-state index is -1.01. The van der Waals surface area contributed by atoms with Gasteiger partial charge in [0.2, 0.25) is 0 Å². The van der Waals surface area contributed by atoms with Gasteiger partial charge in [-0.05, 0) is 29.8 Å². The zero-order chi connectivity index (χ0) is 21.0. The molecule has 8 heteroatoms. The third-order valence-electron chi connectivity index (χ3n) is 4.44. The molecule has 0 radical (unpaired) electrons. The Balaban J connectivity index is 1.77. The van der Waals surface area contributed by atoms with Crippen molar-refractivity contribution in [3.05, 3.63) is 64.0 Å². The fourth-order valence-corrected chi connectivity index (χ4v) is 2.90. The van der Waals surface area contributed by atoms with Gasteiger partial charge in [-0.2, -0.15) is 0 Å². The van der Waals surface area contributed by atoms with Gasteiger partial charge in [0.1, 0.15) is 5.56 Å². The number of hydrogen-bond donors (Lipinski definition) is 2. The number of methoxy groups -OCH3 is 3. The molecule has 3 aromatic rings. The van der Waals surface area contributed by atoms with E-state index in [0.29, 0.717) is 28.2 Å². The summed E-state index contributed by atoms with van der Waals surface area (Å²) in [5.74, 6) is 0.731. The molecule has 0 fully saturated rings. The lowest BCUT2D eigenvalue weighted by atomic mass is 10.1. The summed E-state index contributed by atoms with van der Waals surface area (Å²) in [7, 11) is 4.47. The second-order valence-electron chi connectivity index (χ2n) is 6.17. The predicted molar refractivity (Wildman–Crippen MR) is 106 cm³/mol. The molecule has 1 aromatic heterocycles. The topological polar surface area (TPSA) is 107 Å². The molecular formula is C21H21NO7. The number of fused-ring (bicyclic) bond motifs is 1. The van der Waals surface area contributed by atoms with Crippen LogP contribution in [0.1, 0.15) is 22.0 Å². The molecule has 152 valence electrons. The molecule has 0 aliphatic carbocycles. The van der Waals surface area contributed by atoms with Crippen molar-refractivity contribution in [2.75, 3.05) is 27.9 Å². The number of benzene rings is 2. The van der Waals surface area contributed by atoms with Crippen LogP contribution in [0.15, 0.2) is 51.7 Å². The lowest BCUT2D eigenvalue weighted by Gasteiger charge is -2.15. The average Bonchev–Trinajstić information content (AvgIpc) is 2.75. The molecule has 3 rings (SSSR count). The molecule has 29 heavy (non-hydrogen) atoms. The predicted octanol–water partition coefficient (Wildman–Crippen LogP) is 2.28. The van der Waals surface area contributed by atoms with Gasteiger partial charge in [0.05, 0.1) is 27.4 Å². The Kier molecular flexibility index (Phi) is 6.04. The average molecular weight is 399 g/mol. The second kappa shape index (κ2) is 8.66. The number of aliphatic hydroxyl groups excluding tert-OH is 1. The van der Waals surface area contributed by atoms with Crippen LogP contribution in [0.3, 0.4) is 0 Å². The normalized spacial score (nSPS) is 11.7. The number of ether oxygens (including phenoxy) is 3. The Bertz CT molecular complexity index is 1090. The maximum Gasteiger partial charge on any atom is 0.349 e. The number of carbonyl (C=O) groups is 1. The molecule has 0 bridgehead atoms. The molecule has 2 N–H and O–H groups in total. The van der Waals surface area contributed by atoms with Gasteiger partial charge in [0.25, 0.3) is 5.91 Å². The molecule has 1 unspecified atom stereocenters. The molecule has 0 aliphatic heterocycles. The van der Waals surface area contributed by atoms with E-state index in [1.165, 1.54) is 27.4 Å². The first-order chi connectivity index (χ1) is 14.0. The van der Waals surface area contributed by atoms with Gasteiger partial charge >= 0.3 is 5.63 Å². The fourth-order valence-electron chi connectivity index (χ4n) is 2.90. The number of para-hydroxylation sites is 1. The van der Waals surface area contributed by atoms with Crippen molar-refractivity contribution < 1.29 is 28.5 Å². The van der Waals surface area contributed by atoms with E-state index in [-0.39, 0.29) is 17.7 Å². The van der Waals surface area contributed by atoms with Crippen LogP contribution in [-0.2, 0) is 0 Å². The lowest BCUT2D eigenvalue weighted by Crippen LogP contribution is -2.31. The van der Waals surface area contributed by atoms with Crippen molar-refractivity contribution in [3.63, 3.8) is 0 Å². The van der Waals surface area contributed by atoms with E-state index in [9.17, 15) is 14.7 Å². The smallest absolute Gasteiger partial charge is 0.349 e. The van der Waals surface area contributed by atoms with E-state index >= 15 is 0 Å². The van der Waals surface area contributed by atoms with Crippen LogP contribution < -0.4 is 25.2 Å². The zero-order valence-corrected chi connectivity index (χ0v) is 16.2. The zero-order valence-electron chi connectivity index (χ0n) is 16.2. The number of amides is 1. The molecule has 2 aromatic carbocycles. The van der Waals surface area contributed by atoms with E-state index in [1.54, 1.807) is 36.4 Å². The Morgan fingerprint density at radius 3 is 2.45 bits per heavy atom. The molecule has 0 spiro atoms. The van der Waals surface area contributed by atoms with Crippen molar-refractivity contribution in [1.29, 1.82) is 0 Å². The van der Waals surface area contributed by atoms with Crippen LogP contribution in [0.4, 0.5) is 0 Å². The first-order valence-corrected chi connectivity index (χ1v) is 8.77. The summed E-state index contributed by atoms with van der Waals surface area (Å²) in [6.07, 6.45) is -1.01. The standard InChI is InChI=1S/C21H21NO7/c1-26-16-8-7-12(10-18(16)28-3)15(23)11-22-20(24)14-9-13-5-4-6-17(27-2)19(13)29-21(14)25/h4-10,15,23H,11H2,1-3H3,(H,22,24). The first-order valence-electron chi connectivity index (χ1n) is 8.77. The highest BCUT2D eigenvalue weighted by Crippen LogP contribution is 2.30. The summed E-state index contributed by atoms with van der Waals surface area (Å²) in [5, 5.41) is 13.5. The minimum absolute atomic E-state index is 0.107. The van der Waals surface area contributed by atoms with Crippen molar-refractivity contribution in [1.82, 2.24) is 5.32 Å². The fraction of sp³-hybridized carbons (Fsp3) is 0.238. The maximum absolute atomic E-state index is 12.5. The molecule has 8 nitrogen and oxygen atoms in total. The van der Waals surface area contributed by atoms with E-state index in [0.717, 1.165) is 0 Å². The summed E-state index contributed by atoms with van der Waals surface area (Å²) in [6.45, 7) is -0.107. The third-order valence-corrected chi connectivity index (χ3v) is 4.44. The molecule has 0 aliphatic rings. The highest BCUT2D eigenvalue weighted by Gasteiger charge is 2.18. The minimum Gasteiger partial charge on any atom is -0.493 e. The Morgan fingerprint density at radius 1 is 1.03 bits per heavy atom. The molecule has 1 heterocycles. The number of carbonyl (C=O) groups excluding carboxylic acids is 1. The Hall–Kier alpha value is -3.52. The lowest BCUT2D eigenvalue weighted by molar-refractivity contribution is 0.0912. The van der Waals surface area contributed by atoms with Gasteiger partial charge in [-0.1, -0.05) is 18.2 Å². The molecular weight excluding hydrogens is 378 g/mol. The maximum atomic E-state index is 12.5. The van der Waals surface area contributed by atoms with Gasteiger partial charge in [0.15, 0.2) is 22.8 Å². The van der Waals surface area contributed by atoms with Crippen LogP contribution in [-0.4, -0.2) is 38.9 Å². The van der Waals surface area contributed by atoms with Gasteiger partial charge in [-0.25, -0.2) is 4.79 Å². The van der Waals surface area contributed by atoms with Gasteiger partial charge in [-0.3, -0.25) is 4.79 Å². The van der Waals surface area contributed by atoms with E-state index in [2.05, 4.69) is 5.32 Å². The van der Waals surface area contributed by atoms with Gasteiger partial charge < -0.3 is 29.1 Å². The highest BCUT2D eigenvalue weighted by molar-refractivity contribution is 5.97. The quantitative estimate of drug-likeness (QED) is 0.587. The summed E-state index contributed by atoms with van der Waals surface area (Å²) in [4.78, 5) is 24.7. The van der Waals surface area contributed by atoms with Crippen molar-refractivity contribution in [3.8, 4) is 17.2 Å². The van der Waals surface area contributed by atoms with E-state index in [4.69, 9.17) is 18.6 Å². The second-order valence-corrected chi connectivity index (χ2v) is 6.17. The SMILES string of the molecule is COc1ccc(C(O)CNC(=O)c2cc3cccc(OC)c3oc2=O)cc1OC. The van der Waals surface area contributed by atoms with E-state index in [1.807, 2.05) is 0 Å². The summed E-state index contributed by atoms with van der Waals surface area (Å²) in [5.41, 5.74) is -0.162.